The fraction of sp³-hybridized carbons (Fsp3) is 0.667. The molecule has 0 rings (SSSR count). The van der Waals surface area contributed by atoms with E-state index in [1.54, 1.807) is 0 Å². The van der Waals surface area contributed by atoms with Crippen molar-refractivity contribution in [1.29, 1.82) is 0 Å². The summed E-state index contributed by atoms with van der Waals surface area (Å²) in [5.74, 6) is 0. The van der Waals surface area contributed by atoms with Crippen molar-refractivity contribution < 1.29 is 9.59 Å². The van der Waals surface area contributed by atoms with Crippen LogP contribution in [-0.2, 0) is 0 Å². The quantitative estimate of drug-likeness (QED) is 0.338. The number of carbonyl (C=O) groups is 2. The Morgan fingerprint density at radius 2 is 1.62 bits per heavy atom. The van der Waals surface area contributed by atoms with Crippen molar-refractivity contribution in [3.05, 3.63) is 0 Å². The Morgan fingerprint density at radius 3 is 1.92 bits per heavy atom. The maximum Gasteiger partial charge on any atom is 0.312 e. The van der Waals surface area contributed by atoms with Crippen LogP contribution in [0.3, 0.4) is 0 Å². The monoisotopic (exact) mass is 191 g/mol. The van der Waals surface area contributed by atoms with Gasteiger partial charge in [-0.1, -0.05) is 0 Å². The minimum absolute atomic E-state index is 0.453. The van der Waals surface area contributed by atoms with Gasteiger partial charge in [0, 0.05) is 6.54 Å². The third-order valence-corrected chi connectivity index (χ3v) is 0.903. The van der Waals surface area contributed by atoms with E-state index in [1.807, 2.05) is 7.05 Å². The third kappa shape index (κ3) is 37.5. The fourth-order valence-corrected chi connectivity index (χ4v) is 0.477. The molecule has 8 N–H and O–H groups in total. The van der Waals surface area contributed by atoms with Crippen LogP contribution >= 0.6 is 0 Å². The number of nitrogens with one attached hydrogen (secondary N) is 2. The maximum absolute atomic E-state index is 10.1. The highest BCUT2D eigenvalue weighted by atomic mass is 16.2. The molecule has 0 saturated heterocycles. The zero-order valence-corrected chi connectivity index (χ0v) is 7.67. The van der Waals surface area contributed by atoms with E-state index >= 15 is 0 Å². The van der Waals surface area contributed by atoms with Gasteiger partial charge in [-0.25, -0.2) is 9.59 Å². The number of primary amides is 3. The highest BCUT2D eigenvalue weighted by Crippen LogP contribution is 1.69. The molecular formula is C6H17N5O2. The molecule has 0 saturated carbocycles. The zero-order chi connectivity index (χ0) is 10.7. The molecule has 0 heterocycles. The Kier molecular flexibility index (Phi) is 11.3. The van der Waals surface area contributed by atoms with Crippen LogP contribution in [0.2, 0.25) is 0 Å². The summed E-state index contributed by atoms with van der Waals surface area (Å²) >= 11 is 0. The molecule has 0 unspecified atom stereocenters. The lowest BCUT2D eigenvalue weighted by Crippen LogP contribution is -2.31. The van der Waals surface area contributed by atoms with Gasteiger partial charge in [0.15, 0.2) is 0 Å². The number of hydrogen-bond donors (Lipinski definition) is 5. The Hall–Kier alpha value is -1.50. The standard InChI is InChI=1S/C5H13N3O.CH4N2O/c1-7-3-2-4-8-5(6)9;2-1(3)4/h7H,2-4H2,1H3,(H3,6,8,9);(H4,2,3,4). The van der Waals surface area contributed by atoms with E-state index in [0.717, 1.165) is 13.0 Å². The fourth-order valence-electron chi connectivity index (χ4n) is 0.477. The SMILES string of the molecule is CNCCCNC(N)=O.NC(N)=O. The Labute approximate surface area is 77.0 Å². The molecule has 0 aromatic heterocycles. The second-order valence-electron chi connectivity index (χ2n) is 2.15. The predicted molar refractivity (Wildman–Crippen MR) is 49.9 cm³/mol. The molecule has 7 nitrogen and oxygen atoms in total. The van der Waals surface area contributed by atoms with E-state index in [4.69, 9.17) is 10.5 Å². The molecule has 0 aromatic rings. The van der Waals surface area contributed by atoms with E-state index in [2.05, 4.69) is 22.1 Å². The Bertz CT molecular complexity index is 146. The molecule has 0 aromatic carbocycles. The average molecular weight is 191 g/mol. The van der Waals surface area contributed by atoms with Crippen molar-refractivity contribution in [2.24, 2.45) is 17.2 Å². The molecular weight excluding hydrogens is 174 g/mol. The number of hydrogen-bond acceptors (Lipinski definition) is 3. The Balaban J connectivity index is 0. The van der Waals surface area contributed by atoms with Gasteiger partial charge in [-0.2, -0.15) is 0 Å². The average Bonchev–Trinajstić information content (AvgIpc) is 1.97. The van der Waals surface area contributed by atoms with Crippen molar-refractivity contribution in [2.75, 3.05) is 20.1 Å². The maximum atomic E-state index is 10.1. The normalized spacial score (nSPS) is 8.08. The highest BCUT2D eigenvalue weighted by molar-refractivity contribution is 5.71. The van der Waals surface area contributed by atoms with Gasteiger partial charge < -0.3 is 27.8 Å². The van der Waals surface area contributed by atoms with Gasteiger partial charge in [0.1, 0.15) is 0 Å². The van der Waals surface area contributed by atoms with Crippen LogP contribution in [0.25, 0.3) is 0 Å². The molecule has 7 heteroatoms. The third-order valence-electron chi connectivity index (χ3n) is 0.903. The first-order valence-corrected chi connectivity index (χ1v) is 3.73. The van der Waals surface area contributed by atoms with Crippen LogP contribution in [0.1, 0.15) is 6.42 Å². The summed E-state index contributed by atoms with van der Waals surface area (Å²) in [5.41, 5.74) is 13.3. The second-order valence-corrected chi connectivity index (χ2v) is 2.15. The summed E-state index contributed by atoms with van der Waals surface area (Å²) in [5, 5.41) is 5.43. The molecule has 0 aliphatic rings. The lowest BCUT2D eigenvalue weighted by Gasteiger charge is -1.99. The molecule has 13 heavy (non-hydrogen) atoms. The minimum Gasteiger partial charge on any atom is -0.352 e. The first kappa shape index (κ1) is 14.0. The van der Waals surface area contributed by atoms with E-state index in [-0.39, 0.29) is 0 Å². The number of carbonyl (C=O) groups excluding carboxylic acids is 2. The molecule has 0 atom stereocenters. The molecule has 4 amide bonds. The summed E-state index contributed by atoms with van der Waals surface area (Å²) in [6, 6.07) is -1.29. The van der Waals surface area contributed by atoms with Crippen LogP contribution < -0.4 is 27.8 Å². The summed E-state index contributed by atoms with van der Waals surface area (Å²) in [4.78, 5) is 19.1. The van der Waals surface area contributed by atoms with E-state index in [0.29, 0.717) is 6.54 Å². The van der Waals surface area contributed by atoms with Crippen LogP contribution in [-0.4, -0.2) is 32.2 Å². The van der Waals surface area contributed by atoms with Crippen LogP contribution in [0.4, 0.5) is 9.59 Å². The topological polar surface area (TPSA) is 136 Å². The molecule has 0 aliphatic carbocycles. The molecule has 0 spiro atoms. The molecule has 0 radical (unpaired) electrons. The molecule has 0 fully saturated rings. The summed E-state index contributed by atoms with van der Waals surface area (Å²) in [7, 11) is 1.87. The number of nitrogens with two attached hydrogens (primary N) is 3. The van der Waals surface area contributed by atoms with Crippen molar-refractivity contribution in [2.45, 2.75) is 6.42 Å². The number of urea groups is 2. The Morgan fingerprint density at radius 1 is 1.15 bits per heavy atom. The van der Waals surface area contributed by atoms with Gasteiger partial charge in [0.25, 0.3) is 0 Å². The molecule has 0 bridgehead atoms. The van der Waals surface area contributed by atoms with Gasteiger partial charge in [0.2, 0.25) is 0 Å². The van der Waals surface area contributed by atoms with Crippen LogP contribution in [0.5, 0.6) is 0 Å². The number of amides is 4. The van der Waals surface area contributed by atoms with Gasteiger partial charge >= 0.3 is 12.1 Å². The lowest BCUT2D eigenvalue weighted by molar-refractivity contribution is 0.248. The van der Waals surface area contributed by atoms with Gasteiger partial charge in [-0.15, -0.1) is 0 Å². The van der Waals surface area contributed by atoms with Crippen molar-refractivity contribution >= 4 is 12.1 Å². The van der Waals surface area contributed by atoms with Crippen molar-refractivity contribution in [3.63, 3.8) is 0 Å². The second kappa shape index (κ2) is 10.5. The van der Waals surface area contributed by atoms with Gasteiger partial charge in [-0.3, -0.25) is 0 Å². The zero-order valence-electron chi connectivity index (χ0n) is 7.67. The first-order valence-electron chi connectivity index (χ1n) is 3.73. The number of rotatable bonds is 4. The largest absolute Gasteiger partial charge is 0.352 e. The van der Waals surface area contributed by atoms with Crippen LogP contribution in [0, 0.1) is 0 Å². The summed E-state index contributed by atoms with van der Waals surface area (Å²) in [6.07, 6.45) is 0.916. The van der Waals surface area contributed by atoms with E-state index in [1.165, 1.54) is 0 Å². The van der Waals surface area contributed by atoms with Crippen LogP contribution in [0.15, 0.2) is 0 Å². The highest BCUT2D eigenvalue weighted by Gasteiger charge is 1.87. The van der Waals surface area contributed by atoms with E-state index in [9.17, 15) is 4.79 Å². The van der Waals surface area contributed by atoms with Gasteiger partial charge in [0.05, 0.1) is 0 Å². The summed E-state index contributed by atoms with van der Waals surface area (Å²) in [6.45, 7) is 1.55. The van der Waals surface area contributed by atoms with Crippen molar-refractivity contribution in [1.82, 2.24) is 10.6 Å². The summed E-state index contributed by atoms with van der Waals surface area (Å²) < 4.78 is 0. The van der Waals surface area contributed by atoms with Crippen molar-refractivity contribution in [3.8, 4) is 0 Å². The van der Waals surface area contributed by atoms with Gasteiger partial charge in [-0.05, 0) is 20.0 Å². The lowest BCUT2D eigenvalue weighted by atomic mass is 10.4. The molecule has 78 valence electrons. The molecule has 0 aliphatic heterocycles. The first-order chi connectivity index (χ1) is 6.00. The minimum atomic E-state index is -0.833. The predicted octanol–water partition coefficient (Wildman–Crippen LogP) is -1.71. The van der Waals surface area contributed by atoms with E-state index < -0.39 is 12.1 Å². The smallest absolute Gasteiger partial charge is 0.312 e.